The van der Waals surface area contributed by atoms with Crippen molar-refractivity contribution < 1.29 is 31.1 Å². The number of anilines is 1. The van der Waals surface area contributed by atoms with E-state index >= 15 is 0 Å². The Bertz CT molecular complexity index is 1040. The number of carbonyl (C=O) groups is 1. The normalized spacial score (nSPS) is 15.4. The zero-order chi connectivity index (χ0) is 23.4. The molecular weight excluding hydrogens is 447 g/mol. The van der Waals surface area contributed by atoms with Gasteiger partial charge in [-0.2, -0.15) is 17.5 Å². The lowest BCUT2D eigenvalue weighted by molar-refractivity contribution is -0.137. The zero-order valence-corrected chi connectivity index (χ0v) is 18.2. The molecule has 174 valence electrons. The van der Waals surface area contributed by atoms with E-state index in [0.29, 0.717) is 13.1 Å². The molecule has 11 heteroatoms. The number of nitrogens with zero attached hydrogens (tertiary/aromatic N) is 2. The fourth-order valence-corrected chi connectivity index (χ4v) is 4.80. The lowest BCUT2D eigenvalue weighted by Crippen LogP contribution is -2.50. The average Bonchev–Trinajstić information content (AvgIpc) is 2.78. The highest BCUT2D eigenvalue weighted by atomic mass is 32.2. The molecule has 1 aliphatic heterocycles. The van der Waals surface area contributed by atoms with Crippen LogP contribution in [-0.2, 0) is 16.2 Å². The fraction of sp³-hybridized carbons (Fsp3) is 0.381. The first-order valence-electron chi connectivity index (χ1n) is 9.93. The summed E-state index contributed by atoms with van der Waals surface area (Å²) in [7, 11) is -2.09. The van der Waals surface area contributed by atoms with Gasteiger partial charge in [0.15, 0.2) is 0 Å². The predicted octanol–water partition coefficient (Wildman–Crippen LogP) is 2.60. The second-order valence-electron chi connectivity index (χ2n) is 7.20. The van der Waals surface area contributed by atoms with Gasteiger partial charge in [0.1, 0.15) is 5.75 Å². The van der Waals surface area contributed by atoms with Crippen LogP contribution in [-0.4, -0.2) is 64.2 Å². The lowest BCUT2D eigenvalue weighted by Gasteiger charge is -2.35. The molecule has 0 radical (unpaired) electrons. The maximum Gasteiger partial charge on any atom is 0.417 e. The molecular formula is C21H24F3N3O4S. The van der Waals surface area contributed by atoms with Gasteiger partial charge in [0.2, 0.25) is 10.0 Å². The van der Waals surface area contributed by atoms with Gasteiger partial charge in [-0.15, -0.1) is 0 Å². The van der Waals surface area contributed by atoms with Crippen molar-refractivity contribution in [2.24, 2.45) is 0 Å². The first-order valence-corrected chi connectivity index (χ1v) is 11.5. The molecule has 1 heterocycles. The number of piperazine rings is 1. The predicted molar refractivity (Wildman–Crippen MR) is 114 cm³/mol. The molecule has 0 spiro atoms. The third-order valence-electron chi connectivity index (χ3n) is 5.19. The van der Waals surface area contributed by atoms with Crippen LogP contribution in [0.5, 0.6) is 5.75 Å². The Morgan fingerprint density at radius 3 is 2.25 bits per heavy atom. The SMILES string of the molecule is COc1ccc(N2CCN(S(=O)(=O)CCNC(=O)c3ccccc3C(F)(F)F)CC2)cc1. The summed E-state index contributed by atoms with van der Waals surface area (Å²) in [5, 5.41) is 2.29. The first kappa shape index (κ1) is 23.9. The minimum absolute atomic E-state index is 0.277. The van der Waals surface area contributed by atoms with E-state index in [2.05, 4.69) is 10.2 Å². The van der Waals surface area contributed by atoms with E-state index in [9.17, 15) is 26.4 Å². The van der Waals surface area contributed by atoms with E-state index in [-0.39, 0.29) is 19.6 Å². The van der Waals surface area contributed by atoms with Crippen LogP contribution in [0.15, 0.2) is 48.5 Å². The van der Waals surface area contributed by atoms with Gasteiger partial charge in [0.05, 0.1) is 24.0 Å². The summed E-state index contributed by atoms with van der Waals surface area (Å²) < 4.78 is 70.9. The van der Waals surface area contributed by atoms with Crippen molar-refractivity contribution >= 4 is 21.6 Å². The molecule has 1 amide bonds. The lowest BCUT2D eigenvalue weighted by atomic mass is 10.1. The zero-order valence-electron chi connectivity index (χ0n) is 17.4. The Kier molecular flexibility index (Phi) is 7.29. The van der Waals surface area contributed by atoms with E-state index in [0.717, 1.165) is 23.6 Å². The number of nitrogens with one attached hydrogen (secondary N) is 1. The monoisotopic (exact) mass is 471 g/mol. The van der Waals surface area contributed by atoms with Gasteiger partial charge in [0.25, 0.3) is 5.91 Å². The van der Waals surface area contributed by atoms with Gasteiger partial charge < -0.3 is 15.0 Å². The van der Waals surface area contributed by atoms with Crippen molar-refractivity contribution in [3.05, 3.63) is 59.7 Å². The number of hydrogen-bond acceptors (Lipinski definition) is 5. The molecule has 1 fully saturated rings. The molecule has 0 bridgehead atoms. The molecule has 7 nitrogen and oxygen atoms in total. The van der Waals surface area contributed by atoms with Crippen LogP contribution in [0.3, 0.4) is 0 Å². The van der Waals surface area contributed by atoms with Crippen LogP contribution < -0.4 is 15.0 Å². The molecule has 1 saturated heterocycles. The molecule has 32 heavy (non-hydrogen) atoms. The molecule has 1 aliphatic rings. The van der Waals surface area contributed by atoms with Crippen LogP contribution in [0.2, 0.25) is 0 Å². The Labute approximate surface area is 184 Å². The highest BCUT2D eigenvalue weighted by Gasteiger charge is 2.35. The summed E-state index contributed by atoms with van der Waals surface area (Å²) in [6.45, 7) is 1.26. The van der Waals surface area contributed by atoms with Gasteiger partial charge >= 0.3 is 6.18 Å². The number of hydrogen-bond donors (Lipinski definition) is 1. The summed E-state index contributed by atoms with van der Waals surface area (Å²) >= 11 is 0. The van der Waals surface area contributed by atoms with Crippen LogP contribution in [0.1, 0.15) is 15.9 Å². The van der Waals surface area contributed by atoms with E-state index in [1.807, 2.05) is 24.3 Å². The second-order valence-corrected chi connectivity index (χ2v) is 9.29. The van der Waals surface area contributed by atoms with Gasteiger partial charge in [-0.1, -0.05) is 12.1 Å². The van der Waals surface area contributed by atoms with E-state index < -0.39 is 39.0 Å². The van der Waals surface area contributed by atoms with Gasteiger partial charge in [0, 0.05) is 38.4 Å². The minimum Gasteiger partial charge on any atom is -0.497 e. The largest absolute Gasteiger partial charge is 0.497 e. The third kappa shape index (κ3) is 5.71. The first-order chi connectivity index (χ1) is 15.1. The second kappa shape index (κ2) is 9.78. The summed E-state index contributed by atoms with van der Waals surface area (Å²) in [6, 6.07) is 11.8. The number of amides is 1. The smallest absolute Gasteiger partial charge is 0.417 e. The molecule has 0 atom stereocenters. The van der Waals surface area contributed by atoms with E-state index in [1.165, 1.54) is 16.4 Å². The fourth-order valence-electron chi connectivity index (χ4n) is 3.46. The Morgan fingerprint density at radius 1 is 1.03 bits per heavy atom. The number of rotatable bonds is 7. The molecule has 2 aromatic rings. The van der Waals surface area contributed by atoms with Crippen LogP contribution >= 0.6 is 0 Å². The van der Waals surface area contributed by atoms with Crippen LogP contribution in [0.4, 0.5) is 18.9 Å². The van der Waals surface area contributed by atoms with Crippen LogP contribution in [0.25, 0.3) is 0 Å². The van der Waals surface area contributed by atoms with Gasteiger partial charge in [-0.05, 0) is 36.4 Å². The van der Waals surface area contributed by atoms with Crippen molar-refractivity contribution in [2.75, 3.05) is 50.5 Å². The van der Waals surface area contributed by atoms with Crippen molar-refractivity contribution in [1.82, 2.24) is 9.62 Å². The Balaban J connectivity index is 1.52. The van der Waals surface area contributed by atoms with Crippen LogP contribution in [0, 0.1) is 0 Å². The standard InChI is InChI=1S/C21H24F3N3O4S/c1-31-17-8-6-16(7-9-17)26-11-13-27(14-12-26)32(29,30)15-10-25-20(28)18-4-2-3-5-19(18)21(22,23)24/h2-9H,10-15H2,1H3,(H,25,28). The van der Waals surface area contributed by atoms with Gasteiger partial charge in [-0.3, -0.25) is 4.79 Å². The molecule has 2 aromatic carbocycles. The summed E-state index contributed by atoms with van der Waals surface area (Å²) in [5.41, 5.74) is -0.640. The maximum atomic E-state index is 13.1. The van der Waals surface area contributed by atoms with Crippen molar-refractivity contribution in [3.63, 3.8) is 0 Å². The van der Waals surface area contributed by atoms with Gasteiger partial charge in [-0.25, -0.2) is 8.42 Å². The van der Waals surface area contributed by atoms with Crippen molar-refractivity contribution in [1.29, 1.82) is 0 Å². The number of benzene rings is 2. The molecule has 1 N–H and O–H groups in total. The average molecular weight is 472 g/mol. The molecule has 0 saturated carbocycles. The number of carbonyl (C=O) groups excluding carboxylic acids is 1. The number of halogens is 3. The van der Waals surface area contributed by atoms with Crippen molar-refractivity contribution in [2.45, 2.75) is 6.18 Å². The third-order valence-corrected chi connectivity index (χ3v) is 7.06. The topological polar surface area (TPSA) is 79.0 Å². The molecule has 3 rings (SSSR count). The highest BCUT2D eigenvalue weighted by Crippen LogP contribution is 2.31. The summed E-state index contributed by atoms with van der Waals surface area (Å²) in [5.74, 6) is -0.623. The number of ether oxygens (including phenoxy) is 1. The number of alkyl halides is 3. The quantitative estimate of drug-likeness (QED) is 0.672. The molecule has 0 unspecified atom stereocenters. The van der Waals surface area contributed by atoms with Crippen molar-refractivity contribution in [3.8, 4) is 5.75 Å². The minimum atomic E-state index is -4.68. The van der Waals surface area contributed by atoms with E-state index in [1.54, 1.807) is 7.11 Å². The Hall–Kier alpha value is -2.79. The highest BCUT2D eigenvalue weighted by molar-refractivity contribution is 7.89. The summed E-state index contributed by atoms with van der Waals surface area (Å²) in [4.78, 5) is 14.2. The summed E-state index contributed by atoms with van der Waals surface area (Å²) in [6.07, 6.45) is -4.68. The molecule has 0 aliphatic carbocycles. The molecule has 0 aromatic heterocycles. The Morgan fingerprint density at radius 2 is 1.66 bits per heavy atom. The number of methoxy groups -OCH3 is 1. The maximum absolute atomic E-state index is 13.1. The number of sulfonamides is 1. The van der Waals surface area contributed by atoms with E-state index in [4.69, 9.17) is 4.74 Å².